The van der Waals surface area contributed by atoms with E-state index < -0.39 is 40.4 Å². The van der Waals surface area contributed by atoms with E-state index >= 15 is 0 Å². The average Bonchev–Trinajstić information content (AvgIpc) is 2.60. The highest BCUT2D eigenvalue weighted by Crippen LogP contribution is 2.37. The van der Waals surface area contributed by atoms with E-state index in [0.717, 1.165) is 11.0 Å². The largest absolute Gasteiger partial charge is 0.472 e. The number of benzene rings is 1. The highest BCUT2D eigenvalue weighted by molar-refractivity contribution is 6.09. The number of Topliss-reactive ketones (excluding diaryl/α,β-unsaturated/α-hetero) is 1. The van der Waals surface area contributed by atoms with Crippen molar-refractivity contribution in [2.24, 2.45) is 0 Å². The van der Waals surface area contributed by atoms with Gasteiger partial charge in [0.25, 0.3) is 11.7 Å². The van der Waals surface area contributed by atoms with Crippen LogP contribution in [0.1, 0.15) is 29.8 Å². The number of aryl methyl sites for hydroxylation is 1. The number of carbonyl (C=O) groups is 2. The smallest absolute Gasteiger partial charge is 0.366 e. The van der Waals surface area contributed by atoms with Crippen LogP contribution in [0.15, 0.2) is 30.3 Å². The van der Waals surface area contributed by atoms with E-state index in [2.05, 4.69) is 4.98 Å². The molecule has 1 aromatic heterocycles. The number of aromatic nitrogens is 1. The lowest BCUT2D eigenvalue weighted by Crippen LogP contribution is -2.54. The molecular weight excluding hydrogens is 357 g/mol. The van der Waals surface area contributed by atoms with E-state index in [0.29, 0.717) is 5.56 Å². The lowest BCUT2D eigenvalue weighted by atomic mass is 10.0. The van der Waals surface area contributed by atoms with Crippen LogP contribution in [0, 0.1) is 22.9 Å². The maximum absolute atomic E-state index is 13.4. The zero-order valence-electron chi connectivity index (χ0n) is 14.9. The number of fused-ring (bicyclic) bond motifs is 1. The van der Waals surface area contributed by atoms with Gasteiger partial charge in [-0.05, 0) is 60.5 Å². The van der Waals surface area contributed by atoms with E-state index in [-0.39, 0.29) is 17.1 Å². The molecular formula is C18H16FN3O5. The predicted molar refractivity (Wildman–Crippen MR) is 93.4 cm³/mol. The van der Waals surface area contributed by atoms with E-state index in [4.69, 9.17) is 4.74 Å². The van der Waals surface area contributed by atoms with E-state index in [1.54, 1.807) is 0 Å². The molecule has 0 fully saturated rings. The van der Waals surface area contributed by atoms with Crippen molar-refractivity contribution in [2.45, 2.75) is 26.4 Å². The molecule has 27 heavy (non-hydrogen) atoms. The highest BCUT2D eigenvalue weighted by Gasteiger charge is 2.45. The summed E-state index contributed by atoms with van der Waals surface area (Å²) < 4.78 is 19.0. The molecule has 0 radical (unpaired) electrons. The summed E-state index contributed by atoms with van der Waals surface area (Å²) in [6, 6.07) is 6.38. The molecule has 0 bridgehead atoms. The first-order valence-electron chi connectivity index (χ1n) is 8.06. The molecule has 1 amide bonds. The van der Waals surface area contributed by atoms with E-state index in [1.165, 1.54) is 45.0 Å². The van der Waals surface area contributed by atoms with Crippen molar-refractivity contribution in [3.05, 3.63) is 57.4 Å². The van der Waals surface area contributed by atoms with Crippen molar-refractivity contribution in [3.8, 4) is 5.75 Å². The van der Waals surface area contributed by atoms with Gasteiger partial charge in [0.05, 0.1) is 6.54 Å². The van der Waals surface area contributed by atoms with Gasteiger partial charge in [-0.2, -0.15) is 0 Å². The van der Waals surface area contributed by atoms with Crippen LogP contribution in [-0.2, 0) is 4.79 Å². The van der Waals surface area contributed by atoms with Crippen LogP contribution < -0.4 is 9.64 Å². The van der Waals surface area contributed by atoms with Gasteiger partial charge in [-0.25, -0.2) is 4.39 Å². The summed E-state index contributed by atoms with van der Waals surface area (Å²) in [5.41, 5.74) is -0.759. The van der Waals surface area contributed by atoms with Crippen molar-refractivity contribution in [3.63, 3.8) is 0 Å². The van der Waals surface area contributed by atoms with Crippen LogP contribution in [0.2, 0.25) is 0 Å². The summed E-state index contributed by atoms with van der Waals surface area (Å²) in [5, 5.41) is 11.0. The first kappa shape index (κ1) is 18.4. The number of amides is 1. The minimum atomic E-state index is -1.27. The zero-order chi connectivity index (χ0) is 19.9. The molecule has 0 aliphatic carbocycles. The summed E-state index contributed by atoms with van der Waals surface area (Å²) in [6.45, 7) is 4.17. The molecule has 1 aliphatic rings. The molecule has 8 nitrogen and oxygen atoms in total. The quantitative estimate of drug-likeness (QED) is 0.464. The molecule has 2 heterocycles. The topological polar surface area (TPSA) is 103 Å². The van der Waals surface area contributed by atoms with Gasteiger partial charge in [-0.3, -0.25) is 14.5 Å². The molecule has 0 saturated carbocycles. The molecule has 0 spiro atoms. The Morgan fingerprint density at radius 2 is 2.04 bits per heavy atom. The SMILES string of the molecule is Cc1cc(C(=O)CN2C(=O)C(C)(C)Oc3ccc([N+](=O)[O-])nc32)ccc1F. The zero-order valence-corrected chi connectivity index (χ0v) is 14.9. The number of nitrogens with zero attached hydrogens (tertiary/aromatic N) is 3. The molecule has 2 aromatic rings. The van der Waals surface area contributed by atoms with Crippen LogP contribution in [0.25, 0.3) is 0 Å². The number of ether oxygens (including phenoxy) is 1. The Bertz CT molecular complexity index is 973. The van der Waals surface area contributed by atoms with Crippen molar-refractivity contribution < 1.29 is 23.6 Å². The molecule has 0 unspecified atom stereocenters. The van der Waals surface area contributed by atoms with Gasteiger partial charge in [0, 0.05) is 11.6 Å². The Balaban J connectivity index is 2.01. The van der Waals surface area contributed by atoms with Gasteiger partial charge in [0.15, 0.2) is 17.1 Å². The van der Waals surface area contributed by atoms with Crippen molar-refractivity contribution in [2.75, 3.05) is 11.4 Å². The second-order valence-corrected chi connectivity index (χ2v) is 6.64. The molecule has 0 saturated heterocycles. The van der Waals surface area contributed by atoms with Crippen LogP contribution in [0.4, 0.5) is 16.0 Å². The minimum absolute atomic E-state index is 0.0966. The van der Waals surface area contributed by atoms with Crippen LogP contribution >= 0.6 is 0 Å². The van der Waals surface area contributed by atoms with Crippen molar-refractivity contribution in [1.29, 1.82) is 0 Å². The minimum Gasteiger partial charge on any atom is -0.472 e. The van der Waals surface area contributed by atoms with Gasteiger partial charge in [0.2, 0.25) is 0 Å². The lowest BCUT2D eigenvalue weighted by Gasteiger charge is -2.35. The summed E-state index contributed by atoms with van der Waals surface area (Å²) in [5.74, 6) is -1.87. The number of nitro groups is 1. The van der Waals surface area contributed by atoms with Gasteiger partial charge in [-0.15, -0.1) is 0 Å². The molecule has 1 aliphatic heterocycles. The third kappa shape index (κ3) is 3.35. The molecule has 3 rings (SSSR count). The fourth-order valence-electron chi connectivity index (χ4n) is 2.74. The molecule has 1 aromatic carbocycles. The second kappa shape index (κ2) is 6.42. The number of carbonyl (C=O) groups excluding carboxylic acids is 2. The fourth-order valence-corrected chi connectivity index (χ4v) is 2.74. The Morgan fingerprint density at radius 3 is 2.67 bits per heavy atom. The molecule has 9 heteroatoms. The molecule has 0 atom stereocenters. The monoisotopic (exact) mass is 373 g/mol. The van der Waals surface area contributed by atoms with Crippen molar-refractivity contribution >= 4 is 23.3 Å². The Morgan fingerprint density at radius 1 is 1.33 bits per heavy atom. The predicted octanol–water partition coefficient (Wildman–Crippen LogP) is 2.82. The number of hydrogen-bond acceptors (Lipinski definition) is 6. The lowest BCUT2D eigenvalue weighted by molar-refractivity contribution is -0.389. The number of pyridine rings is 1. The number of halogens is 1. The fraction of sp³-hybridized carbons (Fsp3) is 0.278. The molecule has 140 valence electrons. The maximum atomic E-state index is 13.4. The normalized spacial score (nSPS) is 15.1. The Hall–Kier alpha value is -3.36. The van der Waals surface area contributed by atoms with Gasteiger partial charge >= 0.3 is 5.82 Å². The molecule has 0 N–H and O–H groups in total. The van der Waals surface area contributed by atoms with Gasteiger partial charge in [0.1, 0.15) is 5.82 Å². The van der Waals surface area contributed by atoms with Crippen molar-refractivity contribution in [1.82, 2.24) is 4.98 Å². The first-order chi connectivity index (χ1) is 12.6. The van der Waals surface area contributed by atoms with E-state index in [9.17, 15) is 24.1 Å². The number of anilines is 1. The van der Waals surface area contributed by atoms with E-state index in [1.807, 2.05) is 0 Å². The van der Waals surface area contributed by atoms with Crippen LogP contribution in [-0.4, -0.2) is 33.7 Å². The summed E-state index contributed by atoms with van der Waals surface area (Å²) >= 11 is 0. The third-order valence-corrected chi connectivity index (χ3v) is 4.17. The standard InChI is InChI=1S/C18H16FN3O5/c1-10-8-11(4-5-12(10)19)13(23)9-21-16-14(27-18(2,3)17(21)24)6-7-15(20-16)22(25)26/h4-8H,9H2,1-3H3. The summed E-state index contributed by atoms with van der Waals surface area (Å²) in [6.07, 6.45) is 0. The van der Waals surface area contributed by atoms with Gasteiger partial charge in [-0.1, -0.05) is 0 Å². The number of hydrogen-bond donors (Lipinski definition) is 0. The number of ketones is 1. The summed E-state index contributed by atoms with van der Waals surface area (Å²) in [4.78, 5) is 40.6. The van der Waals surface area contributed by atoms with Crippen LogP contribution in [0.5, 0.6) is 5.75 Å². The average molecular weight is 373 g/mol. The Labute approximate surface area is 153 Å². The third-order valence-electron chi connectivity index (χ3n) is 4.17. The van der Waals surface area contributed by atoms with Gasteiger partial charge < -0.3 is 14.9 Å². The second-order valence-electron chi connectivity index (χ2n) is 6.64. The highest BCUT2D eigenvalue weighted by atomic mass is 19.1. The Kier molecular flexibility index (Phi) is 4.38. The summed E-state index contributed by atoms with van der Waals surface area (Å²) in [7, 11) is 0. The maximum Gasteiger partial charge on any atom is 0.366 e. The van der Waals surface area contributed by atoms with Crippen LogP contribution in [0.3, 0.4) is 0 Å². The first-order valence-corrected chi connectivity index (χ1v) is 8.06. The number of rotatable bonds is 4.